The van der Waals surface area contributed by atoms with E-state index in [2.05, 4.69) is 45.1 Å². The van der Waals surface area contributed by atoms with Crippen molar-refractivity contribution in [3.8, 4) is 0 Å². The normalized spacial score (nSPS) is 12.1. The molecular formula is C72H136O6. The van der Waals surface area contributed by atoms with Crippen LogP contribution in [0.2, 0.25) is 0 Å². The van der Waals surface area contributed by atoms with Gasteiger partial charge in [0.15, 0.2) is 6.10 Å². The van der Waals surface area contributed by atoms with E-state index >= 15 is 0 Å². The van der Waals surface area contributed by atoms with Gasteiger partial charge in [0.25, 0.3) is 0 Å². The first-order valence-electron chi connectivity index (χ1n) is 35.3. The van der Waals surface area contributed by atoms with Crippen molar-refractivity contribution in [1.29, 1.82) is 0 Å². The van der Waals surface area contributed by atoms with Gasteiger partial charge in [-0.05, 0) is 70.6 Å². The van der Waals surface area contributed by atoms with E-state index in [-0.39, 0.29) is 31.1 Å². The molecule has 6 heteroatoms. The molecule has 0 aliphatic heterocycles. The zero-order chi connectivity index (χ0) is 56.4. The topological polar surface area (TPSA) is 78.9 Å². The maximum Gasteiger partial charge on any atom is 0.306 e. The monoisotopic (exact) mass is 1100 g/mol. The molecule has 0 heterocycles. The van der Waals surface area contributed by atoms with E-state index in [0.29, 0.717) is 19.3 Å². The minimum absolute atomic E-state index is 0.0668. The average Bonchev–Trinajstić information content (AvgIpc) is 3.44. The molecule has 0 saturated heterocycles. The van der Waals surface area contributed by atoms with Gasteiger partial charge in [-0.2, -0.15) is 0 Å². The van der Waals surface area contributed by atoms with Gasteiger partial charge in [-0.25, -0.2) is 0 Å². The van der Waals surface area contributed by atoms with Gasteiger partial charge in [-0.1, -0.05) is 334 Å². The second-order valence-electron chi connectivity index (χ2n) is 24.1. The highest BCUT2D eigenvalue weighted by molar-refractivity contribution is 5.71. The molecule has 0 saturated carbocycles. The predicted molar refractivity (Wildman–Crippen MR) is 340 cm³/mol. The van der Waals surface area contributed by atoms with Crippen LogP contribution in [-0.2, 0) is 28.6 Å². The fourth-order valence-electron chi connectivity index (χ4n) is 10.8. The Hall–Kier alpha value is -2.11. The third-order valence-corrected chi connectivity index (χ3v) is 16.2. The lowest BCUT2D eigenvalue weighted by Gasteiger charge is -2.18. The summed E-state index contributed by atoms with van der Waals surface area (Å²) < 4.78 is 17.0. The number of ether oxygens (including phenoxy) is 3. The number of unbranched alkanes of at least 4 members (excludes halogenated alkanes) is 51. The van der Waals surface area contributed by atoms with Gasteiger partial charge in [0.05, 0.1) is 0 Å². The molecule has 6 nitrogen and oxygen atoms in total. The second kappa shape index (κ2) is 67.4. The van der Waals surface area contributed by atoms with Crippen molar-refractivity contribution in [3.05, 3.63) is 24.3 Å². The molecule has 0 aromatic carbocycles. The zero-order valence-electron chi connectivity index (χ0n) is 53.0. The Balaban J connectivity index is 4.10. The van der Waals surface area contributed by atoms with Crippen LogP contribution in [0.25, 0.3) is 0 Å². The molecule has 460 valence electrons. The molecule has 0 rings (SSSR count). The smallest absolute Gasteiger partial charge is 0.306 e. The number of hydrogen-bond acceptors (Lipinski definition) is 6. The molecule has 0 spiro atoms. The zero-order valence-corrected chi connectivity index (χ0v) is 53.0. The SMILES string of the molecule is CCCCCCCCC/C=C\CCCCCCCCCC(=O)OC(COC(=O)CCCCCCCCCCCCC)COC(=O)CCCCCCCCCCCCCCCCCCCCC/C=C\CCCCCCCCCC. The highest BCUT2D eigenvalue weighted by Gasteiger charge is 2.19. The van der Waals surface area contributed by atoms with E-state index in [9.17, 15) is 14.4 Å². The van der Waals surface area contributed by atoms with Crippen molar-refractivity contribution >= 4 is 17.9 Å². The van der Waals surface area contributed by atoms with Crippen LogP contribution in [0.5, 0.6) is 0 Å². The van der Waals surface area contributed by atoms with Crippen molar-refractivity contribution in [1.82, 2.24) is 0 Å². The minimum Gasteiger partial charge on any atom is -0.462 e. The molecule has 0 amide bonds. The summed E-state index contributed by atoms with van der Waals surface area (Å²) in [5.74, 6) is -0.843. The number of carbonyl (C=O) groups is 3. The van der Waals surface area contributed by atoms with Crippen LogP contribution < -0.4 is 0 Å². The van der Waals surface area contributed by atoms with Gasteiger partial charge in [0.2, 0.25) is 0 Å². The maximum atomic E-state index is 12.9. The lowest BCUT2D eigenvalue weighted by molar-refractivity contribution is -0.167. The summed E-state index contributed by atoms with van der Waals surface area (Å²) in [4.78, 5) is 38.3. The summed E-state index contributed by atoms with van der Waals surface area (Å²) >= 11 is 0. The number of hydrogen-bond donors (Lipinski definition) is 0. The molecule has 0 aromatic rings. The van der Waals surface area contributed by atoms with Crippen LogP contribution in [0.3, 0.4) is 0 Å². The summed E-state index contributed by atoms with van der Waals surface area (Å²) in [6.45, 7) is 6.70. The standard InChI is InChI=1S/C72H136O6/c1-4-7-10-13-16-19-22-24-26-28-30-31-32-33-34-35-36-37-38-39-40-41-42-44-45-47-50-53-56-59-62-65-71(74)77-68-69(67-76-70(73)64-61-58-55-52-49-21-18-15-12-9-6-3)78-72(75)66-63-60-57-54-51-48-46-43-29-27-25-23-20-17-14-11-8-5-2/h27-30,69H,4-26,31-68H2,1-3H3/b29-27-,30-28-. The van der Waals surface area contributed by atoms with Crippen LogP contribution >= 0.6 is 0 Å². The molecule has 0 aliphatic carbocycles. The fourth-order valence-corrected chi connectivity index (χ4v) is 10.8. The molecule has 1 unspecified atom stereocenters. The third kappa shape index (κ3) is 64.7. The first-order valence-corrected chi connectivity index (χ1v) is 35.3. The van der Waals surface area contributed by atoms with Crippen LogP contribution in [0.4, 0.5) is 0 Å². The van der Waals surface area contributed by atoms with Crippen LogP contribution in [0.15, 0.2) is 24.3 Å². The van der Waals surface area contributed by atoms with E-state index in [1.165, 1.54) is 302 Å². The van der Waals surface area contributed by atoms with Gasteiger partial charge < -0.3 is 14.2 Å². The summed E-state index contributed by atoms with van der Waals surface area (Å²) in [6, 6.07) is 0. The largest absolute Gasteiger partial charge is 0.462 e. The van der Waals surface area contributed by atoms with Crippen LogP contribution in [0.1, 0.15) is 400 Å². The summed E-state index contributed by atoms with van der Waals surface area (Å²) in [5.41, 5.74) is 0. The Kier molecular flexibility index (Phi) is 65.6. The van der Waals surface area contributed by atoms with E-state index in [0.717, 1.165) is 57.8 Å². The maximum absolute atomic E-state index is 12.9. The fraction of sp³-hybridized carbons (Fsp3) is 0.903. The van der Waals surface area contributed by atoms with E-state index in [4.69, 9.17) is 14.2 Å². The van der Waals surface area contributed by atoms with Gasteiger partial charge in [-0.15, -0.1) is 0 Å². The third-order valence-electron chi connectivity index (χ3n) is 16.2. The minimum atomic E-state index is -0.769. The number of rotatable bonds is 66. The van der Waals surface area contributed by atoms with Crippen molar-refractivity contribution in [3.63, 3.8) is 0 Å². The lowest BCUT2D eigenvalue weighted by atomic mass is 10.0. The van der Waals surface area contributed by atoms with Crippen molar-refractivity contribution in [2.75, 3.05) is 13.2 Å². The van der Waals surface area contributed by atoms with Crippen LogP contribution in [-0.4, -0.2) is 37.2 Å². The van der Waals surface area contributed by atoms with Gasteiger partial charge >= 0.3 is 17.9 Å². The van der Waals surface area contributed by atoms with Gasteiger partial charge in [0, 0.05) is 19.3 Å². The molecule has 1 atom stereocenters. The first-order chi connectivity index (χ1) is 38.5. The molecule has 0 N–H and O–H groups in total. The summed E-state index contributed by atoms with van der Waals surface area (Å²) in [7, 11) is 0. The molecule has 0 fully saturated rings. The lowest BCUT2D eigenvalue weighted by Crippen LogP contribution is -2.30. The van der Waals surface area contributed by atoms with Gasteiger partial charge in [-0.3, -0.25) is 14.4 Å². The summed E-state index contributed by atoms with van der Waals surface area (Å²) in [6.07, 6.45) is 82.2. The molecular weight excluding hydrogens is 961 g/mol. The Labute approximate surface area is 487 Å². The van der Waals surface area contributed by atoms with Crippen LogP contribution in [0, 0.1) is 0 Å². The second-order valence-corrected chi connectivity index (χ2v) is 24.1. The number of carbonyl (C=O) groups excluding carboxylic acids is 3. The van der Waals surface area contributed by atoms with E-state index in [1.54, 1.807) is 0 Å². The molecule has 0 aliphatic rings. The predicted octanol–water partition coefficient (Wildman–Crippen LogP) is 24.2. The molecule has 0 bridgehead atoms. The van der Waals surface area contributed by atoms with Gasteiger partial charge in [0.1, 0.15) is 13.2 Å². The molecule has 0 radical (unpaired) electrons. The Morgan fingerprint density at radius 1 is 0.244 bits per heavy atom. The Bertz CT molecular complexity index is 1260. The average molecular weight is 1100 g/mol. The quantitative estimate of drug-likeness (QED) is 0.0261. The molecule has 0 aromatic heterocycles. The Morgan fingerprint density at radius 2 is 0.423 bits per heavy atom. The van der Waals surface area contributed by atoms with Crippen molar-refractivity contribution in [2.45, 2.75) is 406 Å². The summed E-state index contributed by atoms with van der Waals surface area (Å²) in [5, 5.41) is 0. The highest BCUT2D eigenvalue weighted by Crippen LogP contribution is 2.18. The molecule has 78 heavy (non-hydrogen) atoms. The first kappa shape index (κ1) is 75.9. The Morgan fingerprint density at radius 3 is 0.641 bits per heavy atom. The van der Waals surface area contributed by atoms with Crippen molar-refractivity contribution < 1.29 is 28.6 Å². The number of esters is 3. The van der Waals surface area contributed by atoms with E-state index in [1.807, 2.05) is 0 Å². The highest BCUT2D eigenvalue weighted by atomic mass is 16.6. The number of allylic oxidation sites excluding steroid dienone is 4. The van der Waals surface area contributed by atoms with E-state index < -0.39 is 6.10 Å². The van der Waals surface area contributed by atoms with Crippen molar-refractivity contribution in [2.24, 2.45) is 0 Å².